The van der Waals surface area contributed by atoms with Gasteiger partial charge in [-0.15, -0.1) is 0 Å². The van der Waals surface area contributed by atoms with Gasteiger partial charge in [-0.25, -0.2) is 15.0 Å². The molecule has 1 aliphatic carbocycles. The number of carbonyl (C=O) groups excluding carboxylic acids is 2. The van der Waals surface area contributed by atoms with Gasteiger partial charge in [-0.2, -0.15) is 0 Å². The van der Waals surface area contributed by atoms with Crippen LogP contribution in [0.1, 0.15) is 47.8 Å². The van der Waals surface area contributed by atoms with Crippen molar-refractivity contribution in [2.75, 3.05) is 31.3 Å². The molecule has 3 atom stereocenters. The van der Waals surface area contributed by atoms with E-state index in [0.717, 1.165) is 41.9 Å². The number of aromatic nitrogens is 4. The molecule has 2 aliphatic rings. The Morgan fingerprint density at radius 2 is 1.92 bits per heavy atom. The van der Waals surface area contributed by atoms with Crippen LogP contribution in [-0.2, 0) is 9.53 Å². The maximum absolute atomic E-state index is 12.8. The summed E-state index contributed by atoms with van der Waals surface area (Å²) in [7, 11) is 1.62. The summed E-state index contributed by atoms with van der Waals surface area (Å²) in [4.78, 5) is 41.2. The van der Waals surface area contributed by atoms with E-state index in [2.05, 4.69) is 19.7 Å². The molecule has 1 aromatic carbocycles. The number of hydrogen-bond acceptors (Lipinski definition) is 7. The van der Waals surface area contributed by atoms with Crippen molar-refractivity contribution in [3.8, 4) is 11.3 Å². The van der Waals surface area contributed by atoms with Gasteiger partial charge in [0.2, 0.25) is 5.91 Å². The number of imidazole rings is 1. The molecule has 0 radical (unpaired) electrons. The number of nitrogens with two attached hydrogens (primary N) is 1. The Morgan fingerprint density at radius 1 is 1.08 bits per heavy atom. The van der Waals surface area contributed by atoms with Gasteiger partial charge in [0.05, 0.1) is 13.0 Å². The number of fused-ring (bicyclic) bond motifs is 2. The van der Waals surface area contributed by atoms with E-state index in [1.54, 1.807) is 43.8 Å². The zero-order valence-corrected chi connectivity index (χ0v) is 21.8. The highest BCUT2D eigenvalue weighted by atomic mass is 16.5. The Kier molecular flexibility index (Phi) is 6.70. The first-order valence-electron chi connectivity index (χ1n) is 13.3. The van der Waals surface area contributed by atoms with Crippen molar-refractivity contribution < 1.29 is 14.3 Å². The molecule has 39 heavy (non-hydrogen) atoms. The number of nitrogens with zero attached hydrogens (tertiary/aromatic N) is 5. The van der Waals surface area contributed by atoms with Gasteiger partial charge in [0.1, 0.15) is 28.7 Å². The van der Waals surface area contributed by atoms with Gasteiger partial charge in [0.25, 0.3) is 5.91 Å². The number of benzene rings is 1. The maximum atomic E-state index is 12.8. The number of nitrogens with one attached hydrogen (secondary N) is 1. The molecule has 2 fully saturated rings. The molecule has 3 unspecified atom stereocenters. The predicted molar refractivity (Wildman–Crippen MR) is 147 cm³/mol. The second kappa shape index (κ2) is 10.5. The number of nitrogen functional groups attached to an aromatic ring is 1. The van der Waals surface area contributed by atoms with Crippen LogP contribution >= 0.6 is 0 Å². The van der Waals surface area contributed by atoms with Crippen LogP contribution in [0.15, 0.2) is 61.1 Å². The zero-order valence-electron chi connectivity index (χ0n) is 21.8. The van der Waals surface area contributed by atoms with Crippen molar-refractivity contribution in [1.29, 1.82) is 0 Å². The summed E-state index contributed by atoms with van der Waals surface area (Å²) in [6.07, 6.45) is 8.58. The van der Waals surface area contributed by atoms with Crippen molar-refractivity contribution in [2.24, 2.45) is 5.92 Å². The lowest BCUT2D eigenvalue weighted by Crippen LogP contribution is -2.56. The van der Waals surface area contributed by atoms with Gasteiger partial charge in [-0.1, -0.05) is 18.2 Å². The molecule has 3 N–H and O–H groups in total. The first-order chi connectivity index (χ1) is 19.0. The summed E-state index contributed by atoms with van der Waals surface area (Å²) < 4.78 is 7.18. The Balaban J connectivity index is 1.28. The minimum absolute atomic E-state index is 0.166. The lowest BCUT2D eigenvalue weighted by molar-refractivity contribution is -0.142. The SMILES string of the molecule is COCCC(=O)N1CCC(c2nc(-c3ccc(C(=O)Nc4ccccn4)cc3)c3c(N)nccn23)C2CCC21. The lowest BCUT2D eigenvalue weighted by atomic mass is 9.66. The molecular formula is C29H31N7O3. The lowest BCUT2D eigenvalue weighted by Gasteiger charge is -2.52. The topological polar surface area (TPSA) is 128 Å². The highest BCUT2D eigenvalue weighted by Crippen LogP contribution is 2.48. The Bertz CT molecular complexity index is 1500. The van der Waals surface area contributed by atoms with E-state index in [4.69, 9.17) is 15.5 Å². The van der Waals surface area contributed by atoms with Crippen LogP contribution in [0, 0.1) is 5.92 Å². The number of amides is 2. The van der Waals surface area contributed by atoms with E-state index < -0.39 is 0 Å². The second-order valence-electron chi connectivity index (χ2n) is 10.1. The summed E-state index contributed by atoms with van der Waals surface area (Å²) in [5.41, 5.74) is 9.24. The highest BCUT2D eigenvalue weighted by molar-refractivity contribution is 6.04. The molecule has 4 heterocycles. The molecule has 1 aliphatic heterocycles. The molecule has 2 amide bonds. The maximum Gasteiger partial charge on any atom is 0.256 e. The second-order valence-corrected chi connectivity index (χ2v) is 10.1. The molecule has 6 rings (SSSR count). The summed E-state index contributed by atoms with van der Waals surface area (Å²) >= 11 is 0. The fourth-order valence-corrected chi connectivity index (χ4v) is 5.94. The minimum atomic E-state index is -0.236. The molecule has 3 aromatic heterocycles. The third kappa shape index (κ3) is 4.61. The van der Waals surface area contributed by atoms with Crippen LogP contribution in [0.4, 0.5) is 11.6 Å². The fraction of sp³-hybridized carbons (Fsp3) is 0.345. The van der Waals surface area contributed by atoms with Crippen molar-refractivity contribution in [2.45, 2.75) is 37.6 Å². The number of piperidine rings is 1. The largest absolute Gasteiger partial charge is 0.384 e. The molecule has 0 spiro atoms. The summed E-state index contributed by atoms with van der Waals surface area (Å²) in [6, 6.07) is 12.9. The monoisotopic (exact) mass is 525 g/mol. The van der Waals surface area contributed by atoms with Gasteiger partial charge in [-0.3, -0.25) is 14.0 Å². The molecule has 200 valence electrons. The Labute approximate surface area is 226 Å². The highest BCUT2D eigenvalue weighted by Gasteiger charge is 2.47. The predicted octanol–water partition coefficient (Wildman–Crippen LogP) is 3.76. The van der Waals surface area contributed by atoms with Gasteiger partial charge >= 0.3 is 0 Å². The normalized spacial score (nSPS) is 20.3. The first kappa shape index (κ1) is 25.0. The van der Waals surface area contributed by atoms with E-state index >= 15 is 0 Å². The van der Waals surface area contributed by atoms with Crippen LogP contribution in [0.2, 0.25) is 0 Å². The number of hydrogen-bond donors (Lipinski definition) is 2. The minimum Gasteiger partial charge on any atom is -0.384 e. The van der Waals surface area contributed by atoms with Gasteiger partial charge in [0.15, 0.2) is 0 Å². The number of anilines is 2. The van der Waals surface area contributed by atoms with Crippen molar-refractivity contribution >= 4 is 29.0 Å². The average molecular weight is 526 g/mol. The van der Waals surface area contributed by atoms with E-state index in [0.29, 0.717) is 42.7 Å². The van der Waals surface area contributed by atoms with Crippen LogP contribution in [0.25, 0.3) is 16.8 Å². The third-order valence-electron chi connectivity index (χ3n) is 8.00. The Morgan fingerprint density at radius 3 is 2.64 bits per heavy atom. The van der Waals surface area contributed by atoms with Crippen molar-refractivity contribution in [3.63, 3.8) is 0 Å². The van der Waals surface area contributed by atoms with Crippen LogP contribution < -0.4 is 11.1 Å². The summed E-state index contributed by atoms with van der Waals surface area (Å²) in [6.45, 7) is 1.15. The van der Waals surface area contributed by atoms with E-state index in [-0.39, 0.29) is 23.8 Å². The number of carbonyl (C=O) groups is 2. The van der Waals surface area contributed by atoms with E-state index in [1.165, 1.54) is 0 Å². The molecule has 4 aromatic rings. The molecule has 10 nitrogen and oxygen atoms in total. The molecule has 0 bridgehead atoms. The third-order valence-corrected chi connectivity index (χ3v) is 8.00. The summed E-state index contributed by atoms with van der Waals surface area (Å²) in [5.74, 6) is 2.35. The van der Waals surface area contributed by atoms with Crippen LogP contribution in [0.5, 0.6) is 0 Å². The Hall–Kier alpha value is -4.31. The van der Waals surface area contributed by atoms with E-state index in [1.807, 2.05) is 29.3 Å². The van der Waals surface area contributed by atoms with Gasteiger partial charge in [-0.05, 0) is 49.4 Å². The average Bonchev–Trinajstić information content (AvgIpc) is 3.33. The van der Waals surface area contributed by atoms with Gasteiger partial charge in [0, 0.05) is 55.3 Å². The molecule has 1 saturated carbocycles. The van der Waals surface area contributed by atoms with Crippen LogP contribution in [-0.4, -0.2) is 62.4 Å². The molecular weight excluding hydrogens is 494 g/mol. The first-order valence-corrected chi connectivity index (χ1v) is 13.3. The smallest absolute Gasteiger partial charge is 0.256 e. The zero-order chi connectivity index (χ0) is 26.9. The summed E-state index contributed by atoms with van der Waals surface area (Å²) in [5, 5.41) is 2.81. The number of rotatable bonds is 7. The fourth-order valence-electron chi connectivity index (χ4n) is 5.94. The van der Waals surface area contributed by atoms with Crippen LogP contribution in [0.3, 0.4) is 0 Å². The van der Waals surface area contributed by atoms with Crippen molar-refractivity contribution in [1.82, 2.24) is 24.3 Å². The number of ether oxygens (including phenoxy) is 1. The molecule has 10 heteroatoms. The van der Waals surface area contributed by atoms with Gasteiger partial charge < -0.3 is 20.7 Å². The molecule has 1 saturated heterocycles. The van der Waals surface area contributed by atoms with E-state index in [9.17, 15) is 9.59 Å². The van der Waals surface area contributed by atoms with Crippen molar-refractivity contribution in [3.05, 3.63) is 72.4 Å². The number of pyridine rings is 1. The number of methoxy groups -OCH3 is 1. The standard InChI is InChI=1S/C29H31N7O3/c1-39-17-12-24(37)35-15-11-21(20-9-10-22(20)35)28-34-25(26-27(30)32-14-16-36(26)28)18-5-7-19(8-6-18)29(38)33-23-4-2-3-13-31-23/h2-8,13-14,16,20-22H,9-12,15,17H2,1H3,(H2,30,32)(H,31,33,38). The quantitative estimate of drug-likeness (QED) is 0.376. The number of likely N-dealkylation sites (tertiary alicyclic amines) is 1.